The number of hydrogen-bond acceptors (Lipinski definition) is 7. The number of aryl methyl sites for hydroxylation is 1. The van der Waals surface area contributed by atoms with Crippen LogP contribution in [-0.4, -0.2) is 64.3 Å². The summed E-state index contributed by atoms with van der Waals surface area (Å²) < 4.78 is 11.1. The van der Waals surface area contributed by atoms with Gasteiger partial charge >= 0.3 is 0 Å². The van der Waals surface area contributed by atoms with Crippen molar-refractivity contribution < 1.29 is 29.9 Å². The molecule has 3 rings (SSSR count). The van der Waals surface area contributed by atoms with Crippen LogP contribution in [0.1, 0.15) is 34.4 Å². The van der Waals surface area contributed by atoms with Crippen LogP contribution in [0.25, 0.3) is 0 Å². The average molecular weight is 435 g/mol. The van der Waals surface area contributed by atoms with Crippen molar-refractivity contribution in [3.8, 4) is 11.5 Å². The molecule has 0 unspecified atom stereocenters. The van der Waals surface area contributed by atoms with Gasteiger partial charge in [0.2, 0.25) is 0 Å². The topological polar surface area (TPSA) is 99.4 Å². The molecule has 6 nitrogen and oxygen atoms in total. The highest BCUT2D eigenvalue weighted by Gasteiger charge is 2.44. The number of rotatable bonds is 7. The maximum absolute atomic E-state index is 10.6. The van der Waals surface area contributed by atoms with Crippen LogP contribution in [-0.2, 0) is 6.42 Å². The maximum atomic E-state index is 10.6. The lowest BCUT2D eigenvalue weighted by molar-refractivity contribution is -0.0701. The highest BCUT2D eigenvalue weighted by molar-refractivity contribution is 8.00. The van der Waals surface area contributed by atoms with Crippen molar-refractivity contribution in [1.29, 1.82) is 0 Å². The Morgan fingerprint density at radius 3 is 2.30 bits per heavy atom. The van der Waals surface area contributed by atoms with Crippen LogP contribution in [0.15, 0.2) is 36.4 Å². The van der Waals surface area contributed by atoms with Crippen LogP contribution < -0.4 is 9.47 Å². The normalized spacial score (nSPS) is 26.4. The minimum absolute atomic E-state index is 0.277. The van der Waals surface area contributed by atoms with Crippen molar-refractivity contribution in [3.05, 3.63) is 58.7 Å². The van der Waals surface area contributed by atoms with E-state index in [1.54, 1.807) is 7.11 Å². The van der Waals surface area contributed by atoms with Gasteiger partial charge < -0.3 is 29.9 Å². The van der Waals surface area contributed by atoms with Crippen molar-refractivity contribution in [2.24, 2.45) is 0 Å². The molecule has 0 amide bonds. The minimum atomic E-state index is -1.32. The first-order chi connectivity index (χ1) is 14.4. The van der Waals surface area contributed by atoms with E-state index in [9.17, 15) is 20.4 Å². The predicted molar refractivity (Wildman–Crippen MR) is 117 cm³/mol. The van der Waals surface area contributed by atoms with Crippen LogP contribution in [0, 0.1) is 6.92 Å². The lowest BCUT2D eigenvalue weighted by atomic mass is 9.91. The number of aliphatic hydroxyl groups excluding tert-OH is 4. The number of thioether (sulfide) groups is 1. The summed E-state index contributed by atoms with van der Waals surface area (Å²) in [4.78, 5) is 0. The summed E-state index contributed by atoms with van der Waals surface area (Å²) in [6.45, 7) is 4.21. The van der Waals surface area contributed by atoms with Crippen molar-refractivity contribution in [2.75, 3.05) is 20.3 Å². The van der Waals surface area contributed by atoms with Crippen LogP contribution in [0.2, 0.25) is 0 Å². The fourth-order valence-corrected chi connectivity index (χ4v) is 5.34. The molecule has 2 aromatic carbocycles. The van der Waals surface area contributed by atoms with Gasteiger partial charge in [-0.15, -0.1) is 11.8 Å². The first-order valence-electron chi connectivity index (χ1n) is 10.1. The van der Waals surface area contributed by atoms with Gasteiger partial charge in [-0.3, -0.25) is 0 Å². The number of benzene rings is 2. The van der Waals surface area contributed by atoms with Gasteiger partial charge in [-0.2, -0.15) is 0 Å². The molecule has 7 heteroatoms. The molecule has 0 aromatic heterocycles. The van der Waals surface area contributed by atoms with E-state index >= 15 is 0 Å². The Balaban J connectivity index is 1.93. The fourth-order valence-electron chi connectivity index (χ4n) is 3.83. The van der Waals surface area contributed by atoms with Crippen LogP contribution in [0.4, 0.5) is 0 Å². The van der Waals surface area contributed by atoms with Crippen LogP contribution >= 0.6 is 11.8 Å². The van der Waals surface area contributed by atoms with E-state index in [2.05, 4.69) is 0 Å². The van der Waals surface area contributed by atoms with E-state index in [0.717, 1.165) is 33.8 Å². The van der Waals surface area contributed by atoms with Crippen molar-refractivity contribution in [3.63, 3.8) is 0 Å². The fraction of sp³-hybridized carbons (Fsp3) is 0.478. The SMILES string of the molecule is CCOc1ccc(Cc2cc([C@@H]3S[C@H](CO)[C@@H](O)[C@H](O)[C@H]3O)c(C)cc2OC)cc1. The van der Waals surface area contributed by atoms with Crippen LogP contribution in [0.5, 0.6) is 11.5 Å². The molecule has 1 aliphatic rings. The molecule has 0 spiro atoms. The molecule has 4 N–H and O–H groups in total. The Morgan fingerprint density at radius 1 is 1.00 bits per heavy atom. The van der Waals surface area contributed by atoms with E-state index < -0.39 is 28.8 Å². The quantitative estimate of drug-likeness (QED) is 0.530. The van der Waals surface area contributed by atoms with Crippen LogP contribution in [0.3, 0.4) is 0 Å². The minimum Gasteiger partial charge on any atom is -0.496 e. The van der Waals surface area contributed by atoms with Gasteiger partial charge in [0.05, 0.1) is 43.0 Å². The molecule has 0 aliphatic carbocycles. The summed E-state index contributed by atoms with van der Waals surface area (Å²) in [5, 5.41) is 39.6. The monoisotopic (exact) mass is 434 g/mol. The van der Waals surface area contributed by atoms with Gasteiger partial charge in [0.25, 0.3) is 0 Å². The van der Waals surface area contributed by atoms with Crippen molar-refractivity contribution in [2.45, 2.75) is 49.1 Å². The summed E-state index contributed by atoms with van der Waals surface area (Å²) in [7, 11) is 1.63. The largest absolute Gasteiger partial charge is 0.496 e. The summed E-state index contributed by atoms with van der Waals surface area (Å²) in [6.07, 6.45) is -3.00. The van der Waals surface area contributed by atoms with E-state index in [0.29, 0.717) is 13.0 Å². The highest BCUT2D eigenvalue weighted by Crippen LogP contribution is 2.45. The Bertz CT molecular complexity index is 838. The molecule has 0 saturated carbocycles. The first kappa shape index (κ1) is 22.9. The number of aliphatic hydroxyl groups is 4. The number of hydrogen-bond donors (Lipinski definition) is 4. The second-order valence-electron chi connectivity index (χ2n) is 7.52. The maximum Gasteiger partial charge on any atom is 0.122 e. The Kier molecular flexibility index (Phi) is 7.65. The lowest BCUT2D eigenvalue weighted by Crippen LogP contribution is -2.51. The Labute approximate surface area is 181 Å². The molecule has 1 aliphatic heterocycles. The molecule has 2 aromatic rings. The van der Waals surface area contributed by atoms with Gasteiger partial charge in [0.1, 0.15) is 17.6 Å². The Morgan fingerprint density at radius 2 is 1.70 bits per heavy atom. The average Bonchev–Trinajstić information content (AvgIpc) is 2.75. The zero-order chi connectivity index (χ0) is 21.8. The third-order valence-corrected chi connectivity index (χ3v) is 7.10. The van der Waals surface area contributed by atoms with E-state index in [1.165, 1.54) is 11.8 Å². The molecular weight excluding hydrogens is 404 g/mol. The van der Waals surface area contributed by atoms with Gasteiger partial charge in [0, 0.05) is 6.42 Å². The Hall–Kier alpha value is -1.77. The van der Waals surface area contributed by atoms with Crippen molar-refractivity contribution in [1.82, 2.24) is 0 Å². The molecule has 0 radical (unpaired) electrons. The summed E-state index contributed by atoms with van der Waals surface area (Å²) in [5.74, 6) is 1.57. The second kappa shape index (κ2) is 10.0. The number of methoxy groups -OCH3 is 1. The number of ether oxygens (including phenoxy) is 2. The molecular formula is C23H30O6S. The van der Waals surface area contributed by atoms with E-state index in [-0.39, 0.29) is 6.61 Å². The zero-order valence-electron chi connectivity index (χ0n) is 17.5. The first-order valence-corrected chi connectivity index (χ1v) is 11.0. The van der Waals surface area contributed by atoms with Gasteiger partial charge in [0.15, 0.2) is 0 Å². The second-order valence-corrected chi connectivity index (χ2v) is 8.91. The molecule has 1 heterocycles. The standard InChI is InChI=1S/C23H30O6S/c1-4-29-16-7-5-14(6-8-16)10-15-11-17(13(2)9-18(15)28-3)23-22(27)21(26)20(25)19(12-24)30-23/h5-9,11,19-27H,4,10,12H2,1-3H3/t19-,20-,21+,22-,23+/m1/s1. The van der Waals surface area contributed by atoms with Crippen molar-refractivity contribution >= 4 is 11.8 Å². The van der Waals surface area contributed by atoms with Gasteiger partial charge in [-0.25, -0.2) is 0 Å². The third kappa shape index (κ3) is 4.76. The van der Waals surface area contributed by atoms with E-state index in [4.69, 9.17) is 9.47 Å². The highest BCUT2D eigenvalue weighted by atomic mass is 32.2. The molecule has 164 valence electrons. The zero-order valence-corrected chi connectivity index (χ0v) is 18.3. The predicted octanol–water partition coefficient (Wildman–Crippen LogP) is 2.22. The summed E-state index contributed by atoms with van der Waals surface area (Å²) in [6, 6.07) is 11.8. The van der Waals surface area contributed by atoms with Gasteiger partial charge in [-0.05, 0) is 54.3 Å². The molecule has 1 fully saturated rings. The molecule has 0 bridgehead atoms. The van der Waals surface area contributed by atoms with Gasteiger partial charge in [-0.1, -0.05) is 18.2 Å². The molecule has 1 saturated heterocycles. The molecule has 30 heavy (non-hydrogen) atoms. The smallest absolute Gasteiger partial charge is 0.122 e. The summed E-state index contributed by atoms with van der Waals surface area (Å²) >= 11 is 1.29. The molecule has 5 atom stereocenters. The third-order valence-electron chi connectivity index (χ3n) is 5.50. The lowest BCUT2D eigenvalue weighted by Gasteiger charge is -2.40. The summed E-state index contributed by atoms with van der Waals surface area (Å²) in [5.41, 5.74) is 3.82. The van der Waals surface area contributed by atoms with E-state index in [1.807, 2.05) is 50.2 Å².